The number of benzene rings is 2. The van der Waals surface area contributed by atoms with E-state index in [1.165, 1.54) is 5.56 Å². The maximum absolute atomic E-state index is 5.69. The first kappa shape index (κ1) is 16.2. The van der Waals surface area contributed by atoms with Crippen LogP contribution in [0.5, 0.6) is 11.5 Å². The molecule has 0 unspecified atom stereocenters. The number of hydrogen-bond acceptors (Lipinski definition) is 3. The summed E-state index contributed by atoms with van der Waals surface area (Å²) < 4.78 is 11.1. The first-order valence-electron chi connectivity index (χ1n) is 7.86. The van der Waals surface area contributed by atoms with Crippen molar-refractivity contribution in [3.05, 3.63) is 54.1 Å². The van der Waals surface area contributed by atoms with Crippen LogP contribution in [0, 0.1) is 5.92 Å². The zero-order chi connectivity index (χ0) is 15.8. The van der Waals surface area contributed by atoms with Crippen molar-refractivity contribution < 1.29 is 9.47 Å². The summed E-state index contributed by atoms with van der Waals surface area (Å²) in [6, 6.07) is 16.3. The van der Waals surface area contributed by atoms with Crippen molar-refractivity contribution in [2.75, 3.05) is 18.5 Å². The second kappa shape index (κ2) is 8.32. The molecular formula is C19H25NO2. The zero-order valence-electron chi connectivity index (χ0n) is 13.6. The molecule has 2 aromatic rings. The van der Waals surface area contributed by atoms with Crippen molar-refractivity contribution in [1.82, 2.24) is 0 Å². The van der Waals surface area contributed by atoms with Gasteiger partial charge in [0.15, 0.2) is 0 Å². The van der Waals surface area contributed by atoms with Crippen molar-refractivity contribution in [1.29, 1.82) is 0 Å². The molecule has 2 aromatic carbocycles. The smallest absolute Gasteiger partial charge is 0.119 e. The SMILES string of the molecule is CCOc1ccc(NCc2ccc(OCC(C)C)cc2)cc1. The Labute approximate surface area is 133 Å². The van der Waals surface area contributed by atoms with Gasteiger partial charge in [0, 0.05) is 12.2 Å². The van der Waals surface area contributed by atoms with Crippen molar-refractivity contribution >= 4 is 5.69 Å². The Morgan fingerprint density at radius 1 is 0.864 bits per heavy atom. The van der Waals surface area contributed by atoms with Gasteiger partial charge in [-0.15, -0.1) is 0 Å². The fraction of sp³-hybridized carbons (Fsp3) is 0.368. The average Bonchev–Trinajstić information content (AvgIpc) is 2.53. The highest BCUT2D eigenvalue weighted by Gasteiger charge is 1.99. The normalized spacial score (nSPS) is 10.5. The van der Waals surface area contributed by atoms with E-state index in [0.29, 0.717) is 12.5 Å². The third kappa shape index (κ3) is 5.32. The standard InChI is InChI=1S/C19H25NO2/c1-4-21-18-11-7-17(8-12-18)20-13-16-5-9-19(10-6-16)22-14-15(2)3/h5-12,15,20H,4,13-14H2,1-3H3. The molecule has 1 N–H and O–H groups in total. The number of ether oxygens (including phenoxy) is 2. The number of nitrogens with one attached hydrogen (secondary N) is 1. The average molecular weight is 299 g/mol. The van der Waals surface area contributed by atoms with Gasteiger partial charge in [-0.1, -0.05) is 26.0 Å². The molecule has 0 bridgehead atoms. The van der Waals surface area contributed by atoms with Crippen molar-refractivity contribution in [3.8, 4) is 11.5 Å². The van der Waals surface area contributed by atoms with Crippen LogP contribution >= 0.6 is 0 Å². The molecule has 118 valence electrons. The van der Waals surface area contributed by atoms with Crippen LogP contribution in [0.25, 0.3) is 0 Å². The van der Waals surface area contributed by atoms with Gasteiger partial charge in [-0.25, -0.2) is 0 Å². The molecule has 0 spiro atoms. The Balaban J connectivity index is 1.83. The molecular weight excluding hydrogens is 274 g/mol. The molecule has 0 aliphatic heterocycles. The van der Waals surface area contributed by atoms with E-state index in [4.69, 9.17) is 9.47 Å². The summed E-state index contributed by atoms with van der Waals surface area (Å²) in [5.74, 6) is 2.37. The van der Waals surface area contributed by atoms with Crippen LogP contribution in [0.2, 0.25) is 0 Å². The highest BCUT2D eigenvalue weighted by atomic mass is 16.5. The first-order valence-corrected chi connectivity index (χ1v) is 7.86. The summed E-state index contributed by atoms with van der Waals surface area (Å²) in [6.45, 7) is 8.52. The van der Waals surface area contributed by atoms with Crippen LogP contribution < -0.4 is 14.8 Å². The van der Waals surface area contributed by atoms with E-state index in [2.05, 4.69) is 31.3 Å². The van der Waals surface area contributed by atoms with Crippen LogP contribution in [0.15, 0.2) is 48.5 Å². The summed E-state index contributed by atoms with van der Waals surface area (Å²) in [7, 11) is 0. The minimum absolute atomic E-state index is 0.543. The Morgan fingerprint density at radius 3 is 2.05 bits per heavy atom. The van der Waals surface area contributed by atoms with Crippen molar-refractivity contribution in [2.45, 2.75) is 27.3 Å². The lowest BCUT2D eigenvalue weighted by atomic mass is 10.2. The van der Waals surface area contributed by atoms with E-state index < -0.39 is 0 Å². The predicted octanol–water partition coefficient (Wildman–Crippen LogP) is 4.73. The van der Waals surface area contributed by atoms with Crippen LogP contribution in [0.1, 0.15) is 26.3 Å². The maximum atomic E-state index is 5.69. The molecule has 0 amide bonds. The lowest BCUT2D eigenvalue weighted by Gasteiger charge is -2.10. The second-order valence-corrected chi connectivity index (χ2v) is 5.66. The lowest BCUT2D eigenvalue weighted by molar-refractivity contribution is 0.271. The molecule has 2 rings (SSSR count). The van der Waals surface area contributed by atoms with Gasteiger partial charge < -0.3 is 14.8 Å². The van der Waals surface area contributed by atoms with Gasteiger partial charge in [0.05, 0.1) is 13.2 Å². The lowest BCUT2D eigenvalue weighted by Crippen LogP contribution is -2.04. The summed E-state index contributed by atoms with van der Waals surface area (Å²) in [5, 5.41) is 3.40. The molecule has 0 saturated heterocycles. The van der Waals surface area contributed by atoms with Crippen LogP contribution in [0.4, 0.5) is 5.69 Å². The Morgan fingerprint density at radius 2 is 1.45 bits per heavy atom. The minimum atomic E-state index is 0.543. The highest BCUT2D eigenvalue weighted by Crippen LogP contribution is 2.17. The van der Waals surface area contributed by atoms with E-state index in [0.717, 1.165) is 30.3 Å². The predicted molar refractivity (Wildman–Crippen MR) is 91.7 cm³/mol. The van der Waals surface area contributed by atoms with Gasteiger partial charge in [0.1, 0.15) is 11.5 Å². The summed E-state index contributed by atoms with van der Waals surface area (Å²) >= 11 is 0. The van der Waals surface area contributed by atoms with E-state index in [1.54, 1.807) is 0 Å². The summed E-state index contributed by atoms with van der Waals surface area (Å²) in [4.78, 5) is 0. The molecule has 0 heterocycles. The second-order valence-electron chi connectivity index (χ2n) is 5.66. The van der Waals surface area contributed by atoms with Crippen LogP contribution in [-0.4, -0.2) is 13.2 Å². The molecule has 0 fully saturated rings. The van der Waals surface area contributed by atoms with Gasteiger partial charge in [-0.05, 0) is 54.8 Å². The fourth-order valence-corrected chi connectivity index (χ4v) is 2.01. The molecule has 0 atom stereocenters. The Kier molecular flexibility index (Phi) is 6.13. The third-order valence-corrected chi connectivity index (χ3v) is 3.17. The van der Waals surface area contributed by atoms with E-state index >= 15 is 0 Å². The molecule has 3 heteroatoms. The topological polar surface area (TPSA) is 30.5 Å². The monoisotopic (exact) mass is 299 g/mol. The number of anilines is 1. The first-order chi connectivity index (χ1) is 10.7. The minimum Gasteiger partial charge on any atom is -0.494 e. The Hall–Kier alpha value is -2.16. The largest absolute Gasteiger partial charge is 0.494 e. The third-order valence-electron chi connectivity index (χ3n) is 3.17. The number of rotatable bonds is 8. The summed E-state index contributed by atoms with van der Waals surface area (Å²) in [6.07, 6.45) is 0. The van der Waals surface area contributed by atoms with Gasteiger partial charge in [-0.2, -0.15) is 0 Å². The molecule has 0 aliphatic rings. The van der Waals surface area contributed by atoms with Crippen molar-refractivity contribution in [3.63, 3.8) is 0 Å². The van der Waals surface area contributed by atoms with E-state index in [9.17, 15) is 0 Å². The van der Waals surface area contributed by atoms with E-state index in [-0.39, 0.29) is 0 Å². The van der Waals surface area contributed by atoms with Crippen LogP contribution in [0.3, 0.4) is 0 Å². The van der Waals surface area contributed by atoms with Gasteiger partial charge >= 0.3 is 0 Å². The molecule has 22 heavy (non-hydrogen) atoms. The van der Waals surface area contributed by atoms with Gasteiger partial charge in [0.25, 0.3) is 0 Å². The van der Waals surface area contributed by atoms with Gasteiger partial charge in [0.2, 0.25) is 0 Å². The molecule has 0 aliphatic carbocycles. The fourth-order valence-electron chi connectivity index (χ4n) is 2.01. The number of hydrogen-bond donors (Lipinski definition) is 1. The Bertz CT molecular complexity index is 547. The zero-order valence-corrected chi connectivity index (χ0v) is 13.6. The van der Waals surface area contributed by atoms with Crippen LogP contribution in [-0.2, 0) is 6.54 Å². The molecule has 0 saturated carbocycles. The maximum Gasteiger partial charge on any atom is 0.119 e. The molecule has 0 aromatic heterocycles. The molecule has 0 radical (unpaired) electrons. The van der Waals surface area contributed by atoms with Gasteiger partial charge in [-0.3, -0.25) is 0 Å². The molecule has 3 nitrogen and oxygen atoms in total. The highest BCUT2D eigenvalue weighted by molar-refractivity contribution is 5.47. The van der Waals surface area contributed by atoms with Crippen molar-refractivity contribution in [2.24, 2.45) is 5.92 Å². The van der Waals surface area contributed by atoms with E-state index in [1.807, 2.05) is 43.3 Å². The quantitative estimate of drug-likeness (QED) is 0.764. The summed E-state index contributed by atoms with van der Waals surface area (Å²) in [5.41, 5.74) is 2.31.